The van der Waals surface area contributed by atoms with Gasteiger partial charge >= 0.3 is 0 Å². The maximum atomic E-state index is 6.56. The fourth-order valence-electron chi connectivity index (χ4n) is 7.02. The predicted octanol–water partition coefficient (Wildman–Crippen LogP) is 11.3. The van der Waals surface area contributed by atoms with Crippen molar-refractivity contribution in [1.82, 2.24) is 19.3 Å². The number of para-hydroxylation sites is 1. The maximum absolute atomic E-state index is 6.56. The largest absolute Gasteiger partial charge is 0.457 e. The van der Waals surface area contributed by atoms with Crippen molar-refractivity contribution in [3.8, 4) is 34.1 Å². The molecule has 0 unspecified atom stereocenters. The van der Waals surface area contributed by atoms with Crippen LogP contribution >= 0.6 is 0 Å². The van der Waals surface area contributed by atoms with Crippen LogP contribution in [0.5, 0.6) is 11.5 Å². The molecule has 0 saturated carbocycles. The van der Waals surface area contributed by atoms with Crippen molar-refractivity contribution >= 4 is 21.8 Å². The van der Waals surface area contributed by atoms with E-state index in [2.05, 4.69) is 137 Å². The molecule has 0 amide bonds. The van der Waals surface area contributed by atoms with E-state index in [1.807, 2.05) is 24.4 Å². The van der Waals surface area contributed by atoms with Crippen LogP contribution in [0.2, 0.25) is 0 Å². The number of hydrogen-bond donors (Lipinski definition) is 0. The van der Waals surface area contributed by atoms with E-state index in [1.165, 1.54) is 38.8 Å². The Kier molecular flexibility index (Phi) is 7.71. The first-order valence-corrected chi connectivity index (χ1v) is 16.6. The molecule has 0 aliphatic heterocycles. The van der Waals surface area contributed by atoms with Gasteiger partial charge in [0.05, 0.1) is 22.4 Å². The zero-order chi connectivity index (χ0) is 33.0. The monoisotopic (exact) mass is 618 g/mol. The second-order valence-corrected chi connectivity index (χ2v) is 13.4. The fraction of sp³-hybridized carbons (Fsp3) is 0.238. The fourth-order valence-corrected chi connectivity index (χ4v) is 7.02. The van der Waals surface area contributed by atoms with E-state index in [0.717, 1.165) is 50.8 Å². The summed E-state index contributed by atoms with van der Waals surface area (Å²) in [6.07, 6.45) is 1.87. The molecule has 47 heavy (non-hydrogen) atoms. The molecule has 3 aromatic heterocycles. The Labute approximate surface area is 277 Å². The molecule has 0 atom stereocenters. The van der Waals surface area contributed by atoms with Gasteiger partial charge in [0, 0.05) is 40.4 Å². The molecule has 7 rings (SSSR count). The molecule has 5 nitrogen and oxygen atoms in total. The van der Waals surface area contributed by atoms with Gasteiger partial charge in [-0.25, -0.2) is 9.67 Å². The summed E-state index contributed by atoms with van der Waals surface area (Å²) in [5.41, 5.74) is 13.1. The molecule has 4 aromatic carbocycles. The van der Waals surface area contributed by atoms with Gasteiger partial charge in [-0.1, -0.05) is 69.7 Å². The number of aromatic nitrogens is 4. The van der Waals surface area contributed by atoms with Crippen molar-refractivity contribution < 1.29 is 4.74 Å². The van der Waals surface area contributed by atoms with Crippen molar-refractivity contribution in [2.45, 2.75) is 67.2 Å². The number of benzene rings is 4. The molecule has 5 heteroatoms. The zero-order valence-corrected chi connectivity index (χ0v) is 28.6. The van der Waals surface area contributed by atoms with Crippen LogP contribution in [0.3, 0.4) is 0 Å². The molecule has 0 radical (unpaired) electrons. The Morgan fingerprint density at radius 2 is 1.32 bits per heavy atom. The molecule has 0 bridgehead atoms. The van der Waals surface area contributed by atoms with Crippen molar-refractivity contribution in [2.75, 3.05) is 0 Å². The third kappa shape index (κ3) is 5.40. The first-order chi connectivity index (χ1) is 22.6. The van der Waals surface area contributed by atoms with Gasteiger partial charge in [0.2, 0.25) is 0 Å². The van der Waals surface area contributed by atoms with Crippen molar-refractivity contribution in [1.29, 1.82) is 0 Å². The van der Waals surface area contributed by atoms with Crippen molar-refractivity contribution in [2.24, 2.45) is 0 Å². The standard InChI is InChI=1S/C42H42N4O/c1-25(2)36-20-28(6)21-37(26(3)4)42(36)41-29(7)44-46(30(41)8)31-12-11-13-32(23-31)47-33-16-17-35-34-14-9-10-15-38(34)45(39(35)24-33)40-22-27(5)18-19-43-40/h9-26H,1-8H3. The van der Waals surface area contributed by atoms with Crippen LogP contribution in [0.4, 0.5) is 0 Å². The van der Waals surface area contributed by atoms with Crippen LogP contribution in [0, 0.1) is 27.7 Å². The summed E-state index contributed by atoms with van der Waals surface area (Å²) in [6.45, 7) is 17.7. The number of nitrogens with zero attached hydrogens (tertiary/aromatic N) is 4. The Hall–Kier alpha value is -5.16. The summed E-state index contributed by atoms with van der Waals surface area (Å²) < 4.78 is 10.8. The highest BCUT2D eigenvalue weighted by atomic mass is 16.5. The Balaban J connectivity index is 1.30. The highest BCUT2D eigenvalue weighted by Crippen LogP contribution is 2.41. The summed E-state index contributed by atoms with van der Waals surface area (Å²) >= 11 is 0. The highest BCUT2D eigenvalue weighted by molar-refractivity contribution is 6.09. The number of ether oxygens (including phenoxy) is 1. The van der Waals surface area contributed by atoms with Gasteiger partial charge in [-0.15, -0.1) is 0 Å². The molecule has 0 saturated heterocycles. The molecule has 0 aliphatic rings. The van der Waals surface area contributed by atoms with Crippen LogP contribution in [0.25, 0.3) is 44.4 Å². The number of pyridine rings is 1. The molecule has 0 aliphatic carbocycles. The molecule has 0 N–H and O–H groups in total. The number of rotatable bonds is 7. The van der Waals surface area contributed by atoms with E-state index in [4.69, 9.17) is 14.8 Å². The summed E-state index contributed by atoms with van der Waals surface area (Å²) in [5, 5.41) is 7.45. The minimum atomic E-state index is 0.402. The van der Waals surface area contributed by atoms with Crippen LogP contribution in [-0.4, -0.2) is 19.3 Å². The van der Waals surface area contributed by atoms with Crippen molar-refractivity contribution in [3.05, 3.63) is 131 Å². The lowest BCUT2D eigenvalue weighted by atomic mass is 9.83. The number of hydrogen-bond acceptors (Lipinski definition) is 3. The smallest absolute Gasteiger partial charge is 0.137 e. The highest BCUT2D eigenvalue weighted by Gasteiger charge is 2.23. The lowest BCUT2D eigenvalue weighted by molar-refractivity contribution is 0.482. The molecule has 236 valence electrons. The molecular formula is C42H42N4O. The topological polar surface area (TPSA) is 44.9 Å². The first kappa shape index (κ1) is 30.5. The normalized spacial score (nSPS) is 11.8. The second kappa shape index (κ2) is 11.9. The molecule has 0 fully saturated rings. The van der Waals surface area contributed by atoms with Crippen LogP contribution in [0.1, 0.15) is 73.2 Å². The van der Waals surface area contributed by atoms with Gasteiger partial charge < -0.3 is 4.74 Å². The molecule has 3 heterocycles. The van der Waals surface area contributed by atoms with E-state index in [1.54, 1.807) is 0 Å². The maximum Gasteiger partial charge on any atom is 0.137 e. The summed E-state index contributed by atoms with van der Waals surface area (Å²) in [4.78, 5) is 4.73. The van der Waals surface area contributed by atoms with E-state index in [0.29, 0.717) is 11.8 Å². The average molecular weight is 619 g/mol. The van der Waals surface area contributed by atoms with Gasteiger partial charge in [-0.3, -0.25) is 4.57 Å². The van der Waals surface area contributed by atoms with Crippen LogP contribution < -0.4 is 4.74 Å². The quantitative estimate of drug-likeness (QED) is 0.178. The molecule has 7 aromatic rings. The third-order valence-corrected chi connectivity index (χ3v) is 9.20. The van der Waals surface area contributed by atoms with Crippen LogP contribution in [-0.2, 0) is 0 Å². The van der Waals surface area contributed by atoms with Gasteiger partial charge in [-0.2, -0.15) is 5.10 Å². The van der Waals surface area contributed by atoms with Gasteiger partial charge in [0.1, 0.15) is 17.3 Å². The summed E-state index contributed by atoms with van der Waals surface area (Å²) in [6, 6.07) is 31.9. The van der Waals surface area contributed by atoms with E-state index in [-0.39, 0.29) is 0 Å². The van der Waals surface area contributed by atoms with E-state index >= 15 is 0 Å². The lowest BCUT2D eigenvalue weighted by Gasteiger charge is -2.21. The molecule has 0 spiro atoms. The van der Waals surface area contributed by atoms with Gasteiger partial charge in [-0.05, 0) is 104 Å². The Bertz CT molecular complexity index is 2260. The molecular weight excluding hydrogens is 576 g/mol. The van der Waals surface area contributed by atoms with Gasteiger partial charge in [0.25, 0.3) is 0 Å². The Morgan fingerprint density at radius 3 is 2.04 bits per heavy atom. The lowest BCUT2D eigenvalue weighted by Crippen LogP contribution is -2.03. The van der Waals surface area contributed by atoms with E-state index in [9.17, 15) is 0 Å². The summed E-state index contributed by atoms with van der Waals surface area (Å²) in [5.74, 6) is 3.22. The van der Waals surface area contributed by atoms with Crippen molar-refractivity contribution in [3.63, 3.8) is 0 Å². The van der Waals surface area contributed by atoms with E-state index < -0.39 is 0 Å². The Morgan fingerprint density at radius 1 is 0.617 bits per heavy atom. The minimum absolute atomic E-state index is 0.402. The SMILES string of the molecule is Cc1ccnc(-n2c3ccccc3c3ccc(Oc4cccc(-n5nc(C)c(-c6c(C(C)C)cc(C)cc6C(C)C)c5C)c4)cc32)c1. The number of aryl methyl sites for hydroxylation is 3. The zero-order valence-electron chi connectivity index (χ0n) is 28.6. The second-order valence-electron chi connectivity index (χ2n) is 13.4. The average Bonchev–Trinajstić information content (AvgIpc) is 3.53. The first-order valence-electron chi connectivity index (χ1n) is 16.6. The summed E-state index contributed by atoms with van der Waals surface area (Å²) in [7, 11) is 0. The minimum Gasteiger partial charge on any atom is -0.457 e. The van der Waals surface area contributed by atoms with Gasteiger partial charge in [0.15, 0.2) is 0 Å². The number of fused-ring (bicyclic) bond motifs is 3. The van der Waals surface area contributed by atoms with Crippen LogP contribution in [0.15, 0.2) is 97.2 Å². The third-order valence-electron chi connectivity index (χ3n) is 9.20. The predicted molar refractivity (Wildman–Crippen MR) is 195 cm³/mol.